The Labute approximate surface area is 188 Å². The predicted octanol–water partition coefficient (Wildman–Crippen LogP) is 1.54. The average molecular weight is 465 g/mol. The van der Waals surface area contributed by atoms with Gasteiger partial charge < -0.3 is 5.73 Å². The van der Waals surface area contributed by atoms with E-state index >= 15 is 0 Å². The van der Waals surface area contributed by atoms with Gasteiger partial charge in [0.1, 0.15) is 5.82 Å². The molecular weight excluding hydrogens is 435 g/mol. The number of hydrogen-bond donors (Lipinski definition) is 1. The normalized spacial score (nSPS) is 15.8. The molecule has 1 fully saturated rings. The number of benzene rings is 1. The summed E-state index contributed by atoms with van der Waals surface area (Å²) in [4.78, 5) is 19.6. The summed E-state index contributed by atoms with van der Waals surface area (Å²) < 4.78 is 41.7. The Hall–Kier alpha value is -2.60. The average Bonchev–Trinajstić information content (AvgIpc) is 2.75. The second-order valence-electron chi connectivity index (χ2n) is 7.97. The van der Waals surface area contributed by atoms with Crippen LogP contribution in [-0.4, -0.2) is 73.2 Å². The highest BCUT2D eigenvalue weighted by Crippen LogP contribution is 2.20. The van der Waals surface area contributed by atoms with Gasteiger partial charge in [0.15, 0.2) is 0 Å². The monoisotopic (exact) mass is 464 g/mol. The number of urea groups is 1. The number of nitrogens with two attached hydrogens (primary N) is 1. The number of pyridine rings is 1. The van der Waals surface area contributed by atoms with E-state index in [4.69, 9.17) is 5.73 Å². The number of rotatable bonds is 7. The van der Waals surface area contributed by atoms with Gasteiger partial charge in [0.25, 0.3) is 10.2 Å². The van der Waals surface area contributed by atoms with E-state index in [0.717, 1.165) is 11.3 Å². The lowest BCUT2D eigenvalue weighted by Crippen LogP contribution is -2.51. The van der Waals surface area contributed by atoms with E-state index in [0.29, 0.717) is 44.0 Å². The molecular formula is C21H29FN6O3S. The molecule has 2 amide bonds. The molecule has 0 bridgehead atoms. The molecule has 174 valence electrons. The van der Waals surface area contributed by atoms with Crippen LogP contribution in [0.3, 0.4) is 0 Å². The lowest BCUT2D eigenvalue weighted by atomic mass is 10.1. The Balaban J connectivity index is 1.69. The minimum atomic E-state index is -3.42. The molecule has 0 atom stereocenters. The number of carbonyl (C=O) groups excluding carboxylic acids is 1. The SMILES string of the molecule is Cc1ccc(N(Cc2cc(CN3CCN(S(=O)(=O)N(C)C)CC3)ccc2F)C(N)=O)cn1. The van der Waals surface area contributed by atoms with Gasteiger partial charge in [-0.3, -0.25) is 14.8 Å². The van der Waals surface area contributed by atoms with Gasteiger partial charge in [-0.1, -0.05) is 6.07 Å². The lowest BCUT2D eigenvalue weighted by molar-refractivity contribution is 0.177. The molecule has 1 aliphatic rings. The highest BCUT2D eigenvalue weighted by molar-refractivity contribution is 7.86. The standard InChI is InChI=1S/C21H29FN6O3S/c1-16-4-6-19(13-24-16)28(21(23)29)15-18-12-17(5-7-20(18)22)14-26-8-10-27(11-9-26)32(30,31)25(2)3/h4-7,12-13H,8-11,14-15H2,1-3H3,(H2,23,29). The molecule has 0 spiro atoms. The maximum Gasteiger partial charge on any atom is 0.319 e. The Morgan fingerprint density at radius 1 is 1.16 bits per heavy atom. The lowest BCUT2D eigenvalue weighted by Gasteiger charge is -2.35. The largest absolute Gasteiger partial charge is 0.351 e. The molecule has 1 aromatic carbocycles. The van der Waals surface area contributed by atoms with Gasteiger partial charge in [0, 0.05) is 58.1 Å². The number of amides is 2. The van der Waals surface area contributed by atoms with Crippen LogP contribution < -0.4 is 10.6 Å². The van der Waals surface area contributed by atoms with Crippen LogP contribution in [0.5, 0.6) is 0 Å². The first-order valence-corrected chi connectivity index (χ1v) is 11.6. The number of carbonyl (C=O) groups is 1. The molecule has 0 aliphatic carbocycles. The van der Waals surface area contributed by atoms with Crippen LogP contribution in [0, 0.1) is 12.7 Å². The van der Waals surface area contributed by atoms with Crippen LogP contribution in [0.2, 0.25) is 0 Å². The number of aromatic nitrogens is 1. The number of nitrogens with zero attached hydrogens (tertiary/aromatic N) is 5. The number of hydrogen-bond acceptors (Lipinski definition) is 5. The third-order valence-electron chi connectivity index (χ3n) is 5.44. The first kappa shape index (κ1) is 24.1. The molecule has 1 aliphatic heterocycles. The maximum absolute atomic E-state index is 14.5. The summed E-state index contributed by atoms with van der Waals surface area (Å²) >= 11 is 0. The van der Waals surface area contributed by atoms with E-state index in [-0.39, 0.29) is 6.54 Å². The Kier molecular flexibility index (Phi) is 7.44. The van der Waals surface area contributed by atoms with Gasteiger partial charge in [-0.15, -0.1) is 0 Å². The van der Waals surface area contributed by atoms with E-state index in [1.807, 2.05) is 6.92 Å². The Bertz CT molecular complexity index is 1050. The first-order valence-electron chi connectivity index (χ1n) is 10.2. The molecule has 9 nitrogen and oxygen atoms in total. The van der Waals surface area contributed by atoms with Crippen molar-refractivity contribution in [2.24, 2.45) is 5.73 Å². The number of piperazine rings is 1. The zero-order valence-electron chi connectivity index (χ0n) is 18.5. The van der Waals surface area contributed by atoms with Crippen molar-refractivity contribution in [1.29, 1.82) is 0 Å². The third kappa shape index (κ3) is 5.60. The minimum Gasteiger partial charge on any atom is -0.351 e. The summed E-state index contributed by atoms with van der Waals surface area (Å²) in [6.45, 7) is 4.29. The molecule has 2 heterocycles. The second kappa shape index (κ2) is 9.90. The number of halogens is 1. The van der Waals surface area contributed by atoms with Gasteiger partial charge in [-0.05, 0) is 36.8 Å². The minimum absolute atomic E-state index is 0.0192. The highest BCUT2D eigenvalue weighted by Gasteiger charge is 2.28. The fraction of sp³-hybridized carbons (Fsp3) is 0.429. The van der Waals surface area contributed by atoms with Gasteiger partial charge in [-0.2, -0.15) is 17.0 Å². The summed E-state index contributed by atoms with van der Waals surface area (Å²) in [5.41, 5.74) is 8.04. The highest BCUT2D eigenvalue weighted by atomic mass is 32.2. The van der Waals surface area contributed by atoms with Crippen LogP contribution in [0.25, 0.3) is 0 Å². The topological polar surface area (TPSA) is 103 Å². The maximum atomic E-state index is 14.5. The van der Waals surface area contributed by atoms with Crippen molar-refractivity contribution in [2.45, 2.75) is 20.0 Å². The van der Waals surface area contributed by atoms with Crippen molar-refractivity contribution in [2.75, 3.05) is 45.2 Å². The van der Waals surface area contributed by atoms with E-state index < -0.39 is 22.1 Å². The van der Waals surface area contributed by atoms with Crippen LogP contribution >= 0.6 is 0 Å². The molecule has 0 unspecified atom stereocenters. The van der Waals surface area contributed by atoms with Gasteiger partial charge in [-0.25, -0.2) is 9.18 Å². The quantitative estimate of drug-likeness (QED) is 0.670. The molecule has 11 heteroatoms. The molecule has 1 saturated heterocycles. The Morgan fingerprint density at radius 2 is 1.84 bits per heavy atom. The van der Waals surface area contributed by atoms with Crippen molar-refractivity contribution in [3.8, 4) is 0 Å². The number of primary amides is 1. The van der Waals surface area contributed by atoms with Crippen molar-refractivity contribution < 1.29 is 17.6 Å². The molecule has 2 N–H and O–H groups in total. The fourth-order valence-electron chi connectivity index (χ4n) is 3.54. The van der Waals surface area contributed by atoms with E-state index in [9.17, 15) is 17.6 Å². The second-order valence-corrected chi connectivity index (χ2v) is 10.1. The van der Waals surface area contributed by atoms with Crippen LogP contribution in [0.4, 0.5) is 14.9 Å². The zero-order valence-corrected chi connectivity index (χ0v) is 19.3. The van der Waals surface area contributed by atoms with Crippen LogP contribution in [0.15, 0.2) is 36.5 Å². The molecule has 0 saturated carbocycles. The summed E-state index contributed by atoms with van der Waals surface area (Å²) in [5.74, 6) is -0.429. The molecule has 3 rings (SSSR count). The summed E-state index contributed by atoms with van der Waals surface area (Å²) in [6, 6.07) is 7.58. The predicted molar refractivity (Wildman–Crippen MR) is 121 cm³/mol. The molecule has 2 aromatic rings. The third-order valence-corrected chi connectivity index (χ3v) is 7.38. The number of aryl methyl sites for hydroxylation is 1. The molecule has 32 heavy (non-hydrogen) atoms. The van der Waals surface area contributed by atoms with E-state index in [1.54, 1.807) is 24.3 Å². The van der Waals surface area contributed by atoms with Gasteiger partial charge >= 0.3 is 6.03 Å². The van der Waals surface area contributed by atoms with Crippen LogP contribution in [0.1, 0.15) is 16.8 Å². The first-order chi connectivity index (χ1) is 15.1. The smallest absolute Gasteiger partial charge is 0.319 e. The Morgan fingerprint density at radius 3 is 2.41 bits per heavy atom. The zero-order chi connectivity index (χ0) is 23.5. The van der Waals surface area contributed by atoms with Gasteiger partial charge in [0.05, 0.1) is 18.4 Å². The van der Waals surface area contributed by atoms with Gasteiger partial charge in [0.2, 0.25) is 0 Å². The summed E-state index contributed by atoms with van der Waals surface area (Å²) in [7, 11) is -0.388. The van der Waals surface area contributed by atoms with Crippen molar-refractivity contribution >= 4 is 21.9 Å². The fourth-order valence-corrected chi connectivity index (χ4v) is 4.63. The van der Waals surface area contributed by atoms with Crippen molar-refractivity contribution in [3.63, 3.8) is 0 Å². The molecule has 0 radical (unpaired) electrons. The van der Waals surface area contributed by atoms with Crippen molar-refractivity contribution in [1.82, 2.24) is 18.5 Å². The summed E-state index contributed by atoms with van der Waals surface area (Å²) in [6.07, 6.45) is 1.53. The van der Waals surface area contributed by atoms with E-state index in [1.165, 1.54) is 39.9 Å². The van der Waals surface area contributed by atoms with Crippen molar-refractivity contribution in [3.05, 3.63) is 59.2 Å². The van der Waals surface area contributed by atoms with Crippen LogP contribution in [-0.2, 0) is 23.3 Å². The molecule has 1 aromatic heterocycles. The number of anilines is 1. The summed E-state index contributed by atoms with van der Waals surface area (Å²) in [5, 5.41) is 0. The van der Waals surface area contributed by atoms with E-state index in [2.05, 4.69) is 9.88 Å².